The first-order valence-electron chi connectivity index (χ1n) is 10.3. The van der Waals surface area contributed by atoms with Crippen molar-refractivity contribution in [3.63, 3.8) is 0 Å². The maximum atomic E-state index is 12.3. The van der Waals surface area contributed by atoms with Crippen LogP contribution >= 0.6 is 24.2 Å². The van der Waals surface area contributed by atoms with Gasteiger partial charge >= 0.3 is 0 Å². The van der Waals surface area contributed by atoms with E-state index in [1.54, 1.807) is 11.8 Å². The summed E-state index contributed by atoms with van der Waals surface area (Å²) >= 11 is 1.70. The van der Waals surface area contributed by atoms with Crippen LogP contribution in [0.2, 0.25) is 0 Å². The number of carbonyl (C=O) groups is 1. The molecule has 5 nitrogen and oxygen atoms in total. The summed E-state index contributed by atoms with van der Waals surface area (Å²) in [7, 11) is 0. The number of halogens is 1. The summed E-state index contributed by atoms with van der Waals surface area (Å²) in [5.74, 6) is 2.37. The lowest BCUT2D eigenvalue weighted by molar-refractivity contribution is -0.128. The maximum Gasteiger partial charge on any atom is 0.233 e. The summed E-state index contributed by atoms with van der Waals surface area (Å²) in [6, 6.07) is 6.01. The van der Waals surface area contributed by atoms with Crippen molar-refractivity contribution in [2.45, 2.75) is 57.2 Å². The topological polar surface area (TPSA) is 50.8 Å². The zero-order chi connectivity index (χ0) is 18.9. The van der Waals surface area contributed by atoms with E-state index >= 15 is 0 Å². The van der Waals surface area contributed by atoms with Crippen LogP contribution in [0.15, 0.2) is 18.2 Å². The van der Waals surface area contributed by atoms with Gasteiger partial charge in [-0.15, -0.1) is 24.2 Å². The lowest BCUT2D eigenvalue weighted by atomic mass is 10.1. The zero-order valence-corrected chi connectivity index (χ0v) is 18.4. The molecule has 1 aromatic carbocycles. The molecule has 158 valence electrons. The smallest absolute Gasteiger partial charge is 0.233 e. The first-order chi connectivity index (χ1) is 13.3. The third-order valence-electron chi connectivity index (χ3n) is 5.11. The molecule has 3 rings (SSSR count). The minimum absolute atomic E-state index is 0. The summed E-state index contributed by atoms with van der Waals surface area (Å²) in [6.07, 6.45) is 8.95. The summed E-state index contributed by atoms with van der Waals surface area (Å²) in [5.41, 5.74) is 1.12. The number of thioether (sulfide) groups is 1. The maximum absolute atomic E-state index is 12.3. The van der Waals surface area contributed by atoms with Crippen LogP contribution in [0.3, 0.4) is 0 Å². The van der Waals surface area contributed by atoms with Crippen LogP contribution in [0.5, 0.6) is 11.5 Å². The van der Waals surface area contributed by atoms with Gasteiger partial charge in [-0.05, 0) is 43.6 Å². The van der Waals surface area contributed by atoms with E-state index in [1.807, 2.05) is 23.1 Å². The summed E-state index contributed by atoms with van der Waals surface area (Å²) in [4.78, 5) is 14.3. The van der Waals surface area contributed by atoms with Gasteiger partial charge in [0.15, 0.2) is 11.5 Å². The number of hydrogen-bond acceptors (Lipinski definition) is 5. The molecular formula is C21H33ClN2O3S. The van der Waals surface area contributed by atoms with Crippen LogP contribution in [0.4, 0.5) is 0 Å². The number of nitrogens with zero attached hydrogens (tertiary/aromatic N) is 1. The van der Waals surface area contributed by atoms with Gasteiger partial charge in [0.2, 0.25) is 12.7 Å². The minimum atomic E-state index is 0. The highest BCUT2D eigenvalue weighted by Gasteiger charge is 2.33. The fraction of sp³-hybridized carbons (Fsp3) is 0.667. The van der Waals surface area contributed by atoms with Gasteiger partial charge in [-0.2, -0.15) is 0 Å². The van der Waals surface area contributed by atoms with Crippen molar-refractivity contribution < 1.29 is 14.3 Å². The second-order valence-corrected chi connectivity index (χ2v) is 8.30. The predicted molar refractivity (Wildman–Crippen MR) is 118 cm³/mol. The molecule has 2 heterocycles. The lowest BCUT2D eigenvalue weighted by Crippen LogP contribution is -2.31. The molecule has 0 bridgehead atoms. The molecule has 1 saturated heterocycles. The Morgan fingerprint density at radius 1 is 1.07 bits per heavy atom. The van der Waals surface area contributed by atoms with Gasteiger partial charge in [-0.3, -0.25) is 4.79 Å². The molecular weight excluding hydrogens is 396 g/mol. The highest BCUT2D eigenvalue weighted by molar-refractivity contribution is 8.00. The Labute approximate surface area is 179 Å². The van der Waals surface area contributed by atoms with Crippen LogP contribution in [0, 0.1) is 0 Å². The first kappa shape index (κ1) is 23.2. The van der Waals surface area contributed by atoms with Gasteiger partial charge in [0.1, 0.15) is 5.37 Å². The molecule has 1 N–H and O–H groups in total. The fourth-order valence-corrected chi connectivity index (χ4v) is 4.78. The standard InChI is InChI=1S/C21H32N2O3S.ClH/c1-2-3-4-5-6-7-11-22-12-8-13-23-20(24)15-27-21(23)17-9-10-18-19(14-17)26-16-25-18;/h9-10,14,21-22H,2-8,11-13,15-16H2,1H3;1H. The van der Waals surface area contributed by atoms with Crippen molar-refractivity contribution in [1.82, 2.24) is 10.2 Å². The molecule has 7 heteroatoms. The van der Waals surface area contributed by atoms with Gasteiger partial charge in [0, 0.05) is 6.54 Å². The molecule has 1 fully saturated rings. The Morgan fingerprint density at radius 3 is 2.68 bits per heavy atom. The van der Waals surface area contributed by atoms with E-state index in [1.165, 1.54) is 38.5 Å². The fourth-order valence-electron chi connectivity index (χ4n) is 3.57. The molecule has 1 unspecified atom stereocenters. The third kappa shape index (κ3) is 6.46. The molecule has 0 saturated carbocycles. The van der Waals surface area contributed by atoms with Crippen molar-refractivity contribution in [2.24, 2.45) is 0 Å². The van der Waals surface area contributed by atoms with Crippen LogP contribution in [-0.2, 0) is 4.79 Å². The van der Waals surface area contributed by atoms with E-state index < -0.39 is 0 Å². The quantitative estimate of drug-likeness (QED) is 0.487. The Balaban J connectivity index is 0.00000280. The molecule has 0 spiro atoms. The SMILES string of the molecule is CCCCCCCCNCCCN1C(=O)CSC1c1ccc2c(c1)OCO2.Cl. The zero-order valence-electron chi connectivity index (χ0n) is 16.8. The second-order valence-electron chi connectivity index (χ2n) is 7.23. The van der Waals surface area contributed by atoms with Crippen molar-refractivity contribution in [3.8, 4) is 11.5 Å². The predicted octanol–water partition coefficient (Wildman–Crippen LogP) is 4.75. The van der Waals surface area contributed by atoms with Crippen molar-refractivity contribution >= 4 is 30.1 Å². The van der Waals surface area contributed by atoms with Crippen LogP contribution in [-0.4, -0.2) is 43.0 Å². The van der Waals surface area contributed by atoms with Gasteiger partial charge in [-0.1, -0.05) is 45.1 Å². The van der Waals surface area contributed by atoms with Gasteiger partial charge in [0.05, 0.1) is 5.75 Å². The number of amides is 1. The number of ether oxygens (including phenoxy) is 2. The molecule has 2 aliphatic heterocycles. The molecule has 0 aliphatic carbocycles. The molecule has 1 amide bonds. The van der Waals surface area contributed by atoms with E-state index in [4.69, 9.17) is 9.47 Å². The van der Waals surface area contributed by atoms with E-state index in [9.17, 15) is 4.79 Å². The Morgan fingerprint density at radius 2 is 1.82 bits per heavy atom. The number of hydrogen-bond donors (Lipinski definition) is 1. The van der Waals surface area contributed by atoms with E-state index in [-0.39, 0.29) is 30.5 Å². The number of unbranched alkanes of at least 4 members (excludes halogenated alkanes) is 5. The summed E-state index contributed by atoms with van der Waals surface area (Å²) in [6.45, 7) is 5.39. The highest BCUT2D eigenvalue weighted by Crippen LogP contribution is 2.42. The van der Waals surface area contributed by atoms with Crippen molar-refractivity contribution in [3.05, 3.63) is 23.8 Å². The Hall–Kier alpha value is -1.11. The second kappa shape index (κ2) is 12.5. The minimum Gasteiger partial charge on any atom is -0.454 e. The number of fused-ring (bicyclic) bond motifs is 1. The van der Waals surface area contributed by atoms with E-state index in [2.05, 4.69) is 12.2 Å². The average Bonchev–Trinajstić information content (AvgIpc) is 3.29. The van der Waals surface area contributed by atoms with E-state index in [0.717, 1.165) is 43.1 Å². The van der Waals surface area contributed by atoms with Crippen LogP contribution in [0.25, 0.3) is 0 Å². The molecule has 0 radical (unpaired) electrons. The largest absolute Gasteiger partial charge is 0.454 e. The number of carbonyl (C=O) groups excluding carboxylic acids is 1. The average molecular weight is 429 g/mol. The molecule has 28 heavy (non-hydrogen) atoms. The van der Waals surface area contributed by atoms with Crippen molar-refractivity contribution in [1.29, 1.82) is 0 Å². The molecule has 0 aromatic heterocycles. The molecule has 1 atom stereocenters. The number of rotatable bonds is 12. The number of nitrogens with one attached hydrogen (secondary N) is 1. The van der Waals surface area contributed by atoms with Crippen molar-refractivity contribution in [2.75, 3.05) is 32.2 Å². The Kier molecular flexibility index (Phi) is 10.3. The van der Waals surface area contributed by atoms with Gasteiger partial charge in [0.25, 0.3) is 0 Å². The summed E-state index contributed by atoms with van der Waals surface area (Å²) < 4.78 is 10.9. The third-order valence-corrected chi connectivity index (χ3v) is 6.37. The van der Waals surface area contributed by atoms with E-state index in [0.29, 0.717) is 5.75 Å². The normalized spacial score (nSPS) is 17.8. The Bertz CT molecular complexity index is 617. The summed E-state index contributed by atoms with van der Waals surface area (Å²) in [5, 5.41) is 3.61. The molecule has 1 aromatic rings. The lowest BCUT2D eigenvalue weighted by Gasteiger charge is -2.24. The highest BCUT2D eigenvalue weighted by atomic mass is 35.5. The van der Waals surface area contributed by atoms with Gasteiger partial charge in [-0.25, -0.2) is 0 Å². The molecule has 2 aliphatic rings. The van der Waals surface area contributed by atoms with Crippen LogP contribution < -0.4 is 14.8 Å². The monoisotopic (exact) mass is 428 g/mol. The van der Waals surface area contributed by atoms with Gasteiger partial charge < -0.3 is 19.7 Å². The first-order valence-corrected chi connectivity index (χ1v) is 11.4. The van der Waals surface area contributed by atoms with Crippen LogP contribution in [0.1, 0.15) is 62.8 Å². The number of benzene rings is 1.